The highest BCUT2D eigenvalue weighted by Gasteiger charge is 2.35. The van der Waals surface area contributed by atoms with Gasteiger partial charge < -0.3 is 4.90 Å². The number of fused-ring (bicyclic) bond motifs is 1. The van der Waals surface area contributed by atoms with Crippen molar-refractivity contribution >= 4 is 11.4 Å². The summed E-state index contributed by atoms with van der Waals surface area (Å²) in [6, 6.07) is 16.0. The van der Waals surface area contributed by atoms with E-state index in [0.29, 0.717) is 6.54 Å². The summed E-state index contributed by atoms with van der Waals surface area (Å²) in [4.78, 5) is 2.14. The Morgan fingerprint density at radius 2 is 1.72 bits per heavy atom. The second-order valence-electron chi connectivity index (χ2n) is 5.22. The quantitative estimate of drug-likeness (QED) is 0.713. The van der Waals surface area contributed by atoms with E-state index < -0.39 is 12.3 Å². The number of hydrogen-bond donors (Lipinski definition) is 0. The first kappa shape index (κ1) is 8.36. The minimum absolute atomic E-state index is 0.480. The Balaban J connectivity index is 2.18. The summed E-state index contributed by atoms with van der Waals surface area (Å²) < 4.78 is 23.9. The highest BCUT2D eigenvalue weighted by atomic mass is 15.2. The van der Waals surface area contributed by atoms with Crippen molar-refractivity contribution in [1.29, 1.82) is 0 Å². The van der Waals surface area contributed by atoms with E-state index in [4.69, 9.17) is 4.11 Å². The monoisotopic (exact) mass is 240 g/mol. The fourth-order valence-electron chi connectivity index (χ4n) is 2.74. The van der Waals surface area contributed by atoms with Gasteiger partial charge in [0.1, 0.15) is 0 Å². The van der Waals surface area contributed by atoms with E-state index >= 15 is 0 Å². The molecule has 1 heterocycles. The van der Waals surface area contributed by atoms with Crippen LogP contribution in [0, 0.1) is 6.92 Å². The number of nitrogens with zero attached hydrogens (tertiary/aromatic N) is 1. The van der Waals surface area contributed by atoms with Crippen LogP contribution in [0.2, 0.25) is 0 Å². The van der Waals surface area contributed by atoms with Crippen molar-refractivity contribution in [3.63, 3.8) is 0 Å². The van der Waals surface area contributed by atoms with E-state index in [-0.39, 0.29) is 0 Å². The van der Waals surface area contributed by atoms with Gasteiger partial charge in [0.25, 0.3) is 0 Å². The van der Waals surface area contributed by atoms with Crippen LogP contribution in [0.15, 0.2) is 48.5 Å². The Labute approximate surface area is 113 Å². The van der Waals surface area contributed by atoms with Gasteiger partial charge in [0.15, 0.2) is 0 Å². The van der Waals surface area contributed by atoms with Gasteiger partial charge in [-0.2, -0.15) is 0 Å². The molecule has 0 radical (unpaired) electrons. The van der Waals surface area contributed by atoms with Crippen molar-refractivity contribution in [2.24, 2.45) is 0 Å². The average molecular weight is 240 g/mol. The predicted molar refractivity (Wildman–Crippen MR) is 77.7 cm³/mol. The number of hydrogen-bond acceptors (Lipinski definition) is 1. The van der Waals surface area contributed by atoms with E-state index in [2.05, 4.69) is 24.0 Å². The van der Waals surface area contributed by atoms with E-state index in [1.165, 1.54) is 0 Å². The van der Waals surface area contributed by atoms with Crippen molar-refractivity contribution in [3.8, 4) is 0 Å². The molecule has 3 rings (SSSR count). The zero-order valence-electron chi connectivity index (χ0n) is 13.8. The zero-order valence-corrected chi connectivity index (χ0v) is 10.8. The molecule has 0 fully saturated rings. The number of anilines is 2. The molecule has 0 bridgehead atoms. The molecule has 2 aromatic carbocycles. The van der Waals surface area contributed by atoms with Crippen LogP contribution in [0.5, 0.6) is 0 Å². The second-order valence-corrected chi connectivity index (χ2v) is 5.22. The van der Waals surface area contributed by atoms with Gasteiger partial charge in [-0.25, -0.2) is 0 Å². The van der Waals surface area contributed by atoms with Gasteiger partial charge in [0.05, 0.1) is 0 Å². The third-order valence-corrected chi connectivity index (χ3v) is 3.67. The predicted octanol–water partition coefficient (Wildman–Crippen LogP) is 4.42. The fourth-order valence-corrected chi connectivity index (χ4v) is 2.74. The van der Waals surface area contributed by atoms with E-state index in [1.54, 1.807) is 0 Å². The van der Waals surface area contributed by atoms with Crippen LogP contribution in [-0.4, -0.2) is 6.54 Å². The lowest BCUT2D eigenvalue weighted by molar-refractivity contribution is 0.569. The summed E-state index contributed by atoms with van der Waals surface area (Å²) in [5.74, 6) is 0. The summed E-state index contributed by atoms with van der Waals surface area (Å²) in [7, 11) is 0. The lowest BCUT2D eigenvalue weighted by atomic mass is 9.87. The Kier molecular flexibility index (Phi) is 1.80. The van der Waals surface area contributed by atoms with Gasteiger partial charge in [0.2, 0.25) is 0 Å². The maximum absolute atomic E-state index is 7.97. The Morgan fingerprint density at radius 3 is 2.44 bits per heavy atom. The first-order valence-electron chi connectivity index (χ1n) is 7.77. The summed E-state index contributed by atoms with van der Waals surface area (Å²) in [6.45, 7) is 2.36. The third-order valence-electron chi connectivity index (χ3n) is 3.67. The molecule has 2 aromatic rings. The van der Waals surface area contributed by atoms with Crippen molar-refractivity contribution in [3.05, 3.63) is 59.7 Å². The molecule has 1 aliphatic rings. The Hall–Kier alpha value is -1.76. The molecule has 0 aliphatic carbocycles. The maximum atomic E-state index is 7.97. The zero-order chi connectivity index (χ0) is 15.3. The second kappa shape index (κ2) is 3.88. The largest absolute Gasteiger partial charge is 0.340 e. The molecule has 0 spiro atoms. The standard InChI is InChI=1S/C17H19N/c1-13-8-4-6-10-15(13)18-12-17(2,3)14-9-5-7-11-16(14)18/h4-11H,12H2,1-3H3/i2D3. The molecule has 0 amide bonds. The molecule has 92 valence electrons. The summed E-state index contributed by atoms with van der Waals surface area (Å²) in [6.07, 6.45) is 0. The number of benzene rings is 2. The van der Waals surface area contributed by atoms with Gasteiger partial charge in [-0.1, -0.05) is 50.2 Å². The van der Waals surface area contributed by atoms with Crippen molar-refractivity contribution in [2.45, 2.75) is 26.1 Å². The molecule has 0 saturated heterocycles. The number of rotatable bonds is 1. The first-order chi connectivity index (χ1) is 9.84. The Morgan fingerprint density at radius 1 is 1.06 bits per heavy atom. The minimum atomic E-state index is -2.03. The normalized spacial score (nSPS) is 25.2. The molecule has 0 saturated carbocycles. The van der Waals surface area contributed by atoms with Crippen LogP contribution in [-0.2, 0) is 5.41 Å². The van der Waals surface area contributed by atoms with Crippen LogP contribution in [0.25, 0.3) is 0 Å². The molecule has 0 N–H and O–H groups in total. The average Bonchev–Trinajstić information content (AvgIpc) is 2.74. The molecule has 1 aliphatic heterocycles. The van der Waals surface area contributed by atoms with Gasteiger partial charge >= 0.3 is 0 Å². The minimum Gasteiger partial charge on any atom is -0.340 e. The fraction of sp³-hybridized carbons (Fsp3) is 0.294. The van der Waals surface area contributed by atoms with Crippen molar-refractivity contribution in [2.75, 3.05) is 11.4 Å². The summed E-state index contributed by atoms with van der Waals surface area (Å²) in [5.41, 5.74) is 3.31. The molecule has 18 heavy (non-hydrogen) atoms. The van der Waals surface area contributed by atoms with Crippen LogP contribution in [0.3, 0.4) is 0 Å². The molecular weight excluding hydrogens is 218 g/mol. The molecular formula is C17H19N. The number of aryl methyl sites for hydroxylation is 1. The smallest absolute Gasteiger partial charge is 0.0449 e. The van der Waals surface area contributed by atoms with E-state index in [9.17, 15) is 0 Å². The van der Waals surface area contributed by atoms with Gasteiger partial charge in [-0.3, -0.25) is 0 Å². The van der Waals surface area contributed by atoms with E-state index in [1.807, 2.05) is 43.3 Å². The van der Waals surface area contributed by atoms with Gasteiger partial charge in [-0.05, 0) is 30.2 Å². The Bertz CT molecular complexity index is 678. The van der Waals surface area contributed by atoms with Crippen LogP contribution < -0.4 is 4.90 Å². The van der Waals surface area contributed by atoms with Gasteiger partial charge in [0, 0.05) is 27.4 Å². The van der Waals surface area contributed by atoms with Crippen LogP contribution in [0.1, 0.15) is 29.0 Å². The molecule has 0 aromatic heterocycles. The van der Waals surface area contributed by atoms with Gasteiger partial charge in [-0.15, -0.1) is 0 Å². The third kappa shape index (κ3) is 1.62. The molecule has 1 atom stereocenters. The number of para-hydroxylation sites is 2. The summed E-state index contributed by atoms with van der Waals surface area (Å²) >= 11 is 0. The molecule has 1 heteroatoms. The highest BCUT2D eigenvalue weighted by Crippen LogP contribution is 2.44. The summed E-state index contributed by atoms with van der Waals surface area (Å²) in [5, 5.41) is 0. The van der Waals surface area contributed by atoms with Crippen molar-refractivity contribution in [1.82, 2.24) is 0 Å². The van der Waals surface area contributed by atoms with Crippen LogP contribution in [0.4, 0.5) is 11.4 Å². The lowest BCUT2D eigenvalue weighted by Crippen LogP contribution is -2.25. The first-order valence-corrected chi connectivity index (χ1v) is 6.27. The topological polar surface area (TPSA) is 3.24 Å². The highest BCUT2D eigenvalue weighted by molar-refractivity contribution is 5.74. The SMILES string of the molecule is [2H]C([2H])([2H])C1(C)CN(c2ccccc2C)c2ccccc21. The van der Waals surface area contributed by atoms with Crippen molar-refractivity contribution < 1.29 is 4.11 Å². The molecule has 1 nitrogen and oxygen atoms in total. The maximum Gasteiger partial charge on any atom is 0.0449 e. The molecule has 1 unspecified atom stereocenters. The van der Waals surface area contributed by atoms with E-state index in [0.717, 1.165) is 22.5 Å². The van der Waals surface area contributed by atoms with Crippen LogP contribution >= 0.6 is 0 Å². The lowest BCUT2D eigenvalue weighted by Gasteiger charge is -2.24.